The van der Waals surface area contributed by atoms with Crippen LogP contribution in [0.15, 0.2) is 0 Å². The largest absolute Gasteiger partial charge is 0.314 e. The molecule has 5 nitrogen and oxygen atoms in total. The highest BCUT2D eigenvalue weighted by molar-refractivity contribution is 14.1. The Morgan fingerprint density at radius 2 is 0.861 bits per heavy atom. The highest BCUT2D eigenvalue weighted by Crippen LogP contribution is 2.35. The normalized spacial score (nSPS) is 14.8. The molecule has 0 atom stereocenters. The van der Waals surface area contributed by atoms with E-state index in [0.717, 1.165) is 52.4 Å². The molecule has 0 aromatic rings. The first-order valence-corrected chi connectivity index (χ1v) is 18.5. The summed E-state index contributed by atoms with van der Waals surface area (Å²) in [7, 11) is 0. The maximum atomic E-state index is 3.72. The fourth-order valence-corrected chi connectivity index (χ4v) is 9.39. The third-order valence-corrected chi connectivity index (χ3v) is 9.40. The molecule has 0 unspecified atom stereocenters. The Bertz CT molecular complexity index is 585. The molecule has 1 N–H and O–H groups in total. The lowest BCUT2D eigenvalue weighted by atomic mass is 10.2. The summed E-state index contributed by atoms with van der Waals surface area (Å²) in [4.78, 5) is 10.5. The lowest BCUT2D eigenvalue weighted by Crippen LogP contribution is -2.54. The van der Waals surface area contributed by atoms with Crippen molar-refractivity contribution in [1.82, 2.24) is 24.9 Å². The predicted molar refractivity (Wildman–Crippen MR) is 205 cm³/mol. The number of hydrogen-bond acceptors (Lipinski definition) is 5. The quantitative estimate of drug-likeness (QED) is 0.0650. The molecule has 0 aliphatic carbocycles. The molecular formula is C26H54I5N5. The molecule has 0 amide bonds. The van der Waals surface area contributed by atoms with Crippen LogP contribution in [0.5, 0.6) is 0 Å². The second-order valence-electron chi connectivity index (χ2n) is 12.2. The van der Waals surface area contributed by atoms with E-state index in [2.05, 4.69) is 221 Å². The zero-order chi connectivity index (χ0) is 28.8. The summed E-state index contributed by atoms with van der Waals surface area (Å²) < 4.78 is 0.634. The Labute approximate surface area is 293 Å². The van der Waals surface area contributed by atoms with Gasteiger partial charge in [0.05, 0.1) is 17.7 Å². The molecule has 0 aliphatic heterocycles. The smallest absolute Gasteiger partial charge is 0.0684 e. The zero-order valence-corrected chi connectivity index (χ0v) is 35.7. The maximum absolute atomic E-state index is 3.72. The predicted octanol–water partition coefficient (Wildman–Crippen LogP) is 8.05. The molecule has 10 heteroatoms. The van der Waals surface area contributed by atoms with E-state index in [9.17, 15) is 0 Å². The van der Waals surface area contributed by atoms with E-state index in [-0.39, 0.29) is 17.7 Å². The Hall–Kier alpha value is 3.45. The van der Waals surface area contributed by atoms with Crippen LogP contribution in [0, 0.1) is 0 Å². The van der Waals surface area contributed by atoms with Gasteiger partial charge in [-0.2, -0.15) is 0 Å². The van der Waals surface area contributed by atoms with Crippen molar-refractivity contribution in [3.8, 4) is 0 Å². The number of hydrogen-bond donors (Lipinski definition) is 1. The van der Waals surface area contributed by atoms with Crippen LogP contribution in [0.4, 0.5) is 0 Å². The summed E-state index contributed by atoms with van der Waals surface area (Å²) in [5.74, 6) is 0. The van der Waals surface area contributed by atoms with Crippen molar-refractivity contribution in [3.63, 3.8) is 0 Å². The van der Waals surface area contributed by atoms with Crippen LogP contribution < -0.4 is 5.32 Å². The van der Waals surface area contributed by atoms with Gasteiger partial charge in [0.25, 0.3) is 0 Å². The van der Waals surface area contributed by atoms with Crippen LogP contribution in [-0.2, 0) is 0 Å². The second-order valence-corrected chi connectivity index (χ2v) is 25.4. The van der Waals surface area contributed by atoms with Gasteiger partial charge < -0.3 is 5.32 Å². The third kappa shape index (κ3) is 16.2. The molecule has 0 saturated heterocycles. The second kappa shape index (κ2) is 16.3. The number of nitrogens with one attached hydrogen (secondary N) is 1. The first kappa shape index (κ1) is 39.5. The van der Waals surface area contributed by atoms with Crippen LogP contribution in [0.1, 0.15) is 83.1 Å². The highest BCUT2D eigenvalue weighted by Gasteiger charge is 2.36. The fourth-order valence-electron chi connectivity index (χ4n) is 4.61. The number of nitrogens with zero attached hydrogens (tertiary/aromatic N) is 4. The van der Waals surface area contributed by atoms with Gasteiger partial charge in [0.1, 0.15) is 0 Å². The molecule has 0 rings (SSSR count). The lowest BCUT2D eigenvalue weighted by Gasteiger charge is -2.45. The van der Waals surface area contributed by atoms with Crippen molar-refractivity contribution in [2.24, 2.45) is 0 Å². The van der Waals surface area contributed by atoms with Gasteiger partial charge in [-0.1, -0.05) is 113 Å². The van der Waals surface area contributed by atoms with Crippen LogP contribution in [0.3, 0.4) is 0 Å². The summed E-state index contributed by atoms with van der Waals surface area (Å²) in [5, 5.41) is 3.72. The minimum atomic E-state index is 0.119. The third-order valence-electron chi connectivity index (χ3n) is 6.39. The molecule has 0 radical (unpaired) electrons. The molecule has 0 heterocycles. The monoisotopic (exact) mass is 1070 g/mol. The Morgan fingerprint density at radius 3 is 1.22 bits per heavy atom. The van der Waals surface area contributed by atoms with Gasteiger partial charge >= 0.3 is 0 Å². The van der Waals surface area contributed by atoms with E-state index in [1.165, 1.54) is 0 Å². The van der Waals surface area contributed by atoms with Gasteiger partial charge in [-0.05, 0) is 83.1 Å². The molecule has 0 spiro atoms. The first-order valence-electron chi connectivity index (χ1n) is 13.1. The number of halogens is 5. The number of rotatable bonds is 18. The Morgan fingerprint density at radius 1 is 0.500 bits per heavy atom. The molecule has 0 aliphatic rings. The van der Waals surface area contributed by atoms with Crippen molar-refractivity contribution in [3.05, 3.63) is 0 Å². The van der Waals surface area contributed by atoms with Crippen LogP contribution in [0.25, 0.3) is 0 Å². The van der Waals surface area contributed by atoms with Crippen molar-refractivity contribution in [1.29, 1.82) is 0 Å². The van der Waals surface area contributed by atoms with Crippen molar-refractivity contribution < 1.29 is 0 Å². The molecule has 0 bridgehead atoms. The minimum Gasteiger partial charge on any atom is -0.314 e. The minimum absolute atomic E-state index is 0.119. The van der Waals surface area contributed by atoms with E-state index >= 15 is 0 Å². The van der Waals surface area contributed by atoms with E-state index in [4.69, 9.17) is 0 Å². The first-order chi connectivity index (χ1) is 15.9. The van der Waals surface area contributed by atoms with Gasteiger partial charge in [0, 0.05) is 58.4 Å². The molecule has 0 saturated carbocycles. The standard InChI is InChI=1S/C26H54I5N5/c1-21(2)33(15-13-32-14-16-35(23(5,6)28)24(7,8)29)17-18-34(22(3,4)27)19-20-36(25(9,10)30)26(11,12)31/h21,32H,13-20H2,1-12H3. The average Bonchev–Trinajstić information content (AvgIpc) is 2.59. The van der Waals surface area contributed by atoms with Crippen LogP contribution >= 0.6 is 113 Å². The van der Waals surface area contributed by atoms with Crippen molar-refractivity contribution in [2.45, 2.75) is 107 Å². The van der Waals surface area contributed by atoms with Crippen molar-refractivity contribution >= 4 is 113 Å². The molecule has 0 aromatic heterocycles. The van der Waals surface area contributed by atoms with Gasteiger partial charge in [0.2, 0.25) is 0 Å². The van der Waals surface area contributed by atoms with Gasteiger partial charge in [0.15, 0.2) is 0 Å². The average molecular weight is 1070 g/mol. The van der Waals surface area contributed by atoms with Gasteiger partial charge in [-0.15, -0.1) is 0 Å². The van der Waals surface area contributed by atoms with E-state index in [1.54, 1.807) is 0 Å². The molecule has 0 fully saturated rings. The van der Waals surface area contributed by atoms with E-state index < -0.39 is 0 Å². The van der Waals surface area contributed by atoms with Gasteiger partial charge in [-0.3, -0.25) is 19.6 Å². The summed E-state index contributed by atoms with van der Waals surface area (Å²) in [5.41, 5.74) is 0. The summed E-state index contributed by atoms with van der Waals surface area (Å²) in [6, 6.07) is 0.544. The lowest BCUT2D eigenvalue weighted by molar-refractivity contribution is 0.0993. The fraction of sp³-hybridized carbons (Fsp3) is 1.00. The number of alkyl halides is 5. The Kier molecular flexibility index (Phi) is 17.9. The van der Waals surface area contributed by atoms with Crippen LogP contribution in [0.2, 0.25) is 0 Å². The van der Waals surface area contributed by atoms with E-state index in [1.807, 2.05) is 0 Å². The molecule has 0 aromatic carbocycles. The summed E-state index contributed by atoms with van der Waals surface area (Å²) >= 11 is 12.9. The molecule has 36 heavy (non-hydrogen) atoms. The van der Waals surface area contributed by atoms with Crippen LogP contribution in [-0.4, -0.2) is 95.7 Å². The Balaban J connectivity index is 4.97. The van der Waals surface area contributed by atoms with Crippen molar-refractivity contribution in [2.75, 3.05) is 52.4 Å². The van der Waals surface area contributed by atoms with E-state index in [0.29, 0.717) is 6.04 Å². The molecule has 218 valence electrons. The molecular weight excluding hydrogens is 1020 g/mol. The zero-order valence-electron chi connectivity index (χ0n) is 24.9. The summed E-state index contributed by atoms with van der Waals surface area (Å²) in [6.45, 7) is 36.4. The maximum Gasteiger partial charge on any atom is 0.0684 e. The SMILES string of the molecule is CC(C)N(CCNCCN(C(C)(C)I)C(C)(C)I)CCN(CCN(C(C)(C)I)C(C)(C)I)C(C)(C)I. The summed E-state index contributed by atoms with van der Waals surface area (Å²) in [6.07, 6.45) is 0. The van der Waals surface area contributed by atoms with Gasteiger partial charge in [-0.25, -0.2) is 0 Å². The highest BCUT2D eigenvalue weighted by atomic mass is 127. The topological polar surface area (TPSA) is 25.0 Å².